The summed E-state index contributed by atoms with van der Waals surface area (Å²) in [5.74, 6) is 1.91. The zero-order valence-electron chi connectivity index (χ0n) is 13.2. The molecule has 1 saturated carbocycles. The number of amides is 1. The van der Waals surface area contributed by atoms with E-state index in [1.54, 1.807) is 6.92 Å². The molecule has 1 heterocycles. The number of guanidine groups is 1. The number of rotatable bonds is 5. The van der Waals surface area contributed by atoms with Crippen molar-refractivity contribution in [1.29, 1.82) is 0 Å². The number of carbonyl (C=O) groups is 1. The molecule has 120 valence electrons. The molecule has 21 heavy (non-hydrogen) atoms. The van der Waals surface area contributed by atoms with Gasteiger partial charge >= 0.3 is 6.09 Å². The van der Waals surface area contributed by atoms with Crippen molar-refractivity contribution in [2.24, 2.45) is 22.6 Å². The maximum atomic E-state index is 11.5. The summed E-state index contributed by atoms with van der Waals surface area (Å²) in [6, 6.07) is 0.0475. The molecule has 6 nitrogen and oxygen atoms in total. The molecule has 1 amide bonds. The number of hydrogen-bond donors (Lipinski definition) is 2. The van der Waals surface area contributed by atoms with Crippen molar-refractivity contribution in [3.63, 3.8) is 0 Å². The number of nitrogens with one attached hydrogen (secondary N) is 1. The van der Waals surface area contributed by atoms with Crippen LogP contribution in [0.3, 0.4) is 0 Å². The van der Waals surface area contributed by atoms with Crippen LogP contribution in [-0.4, -0.2) is 49.2 Å². The zero-order valence-corrected chi connectivity index (χ0v) is 13.2. The van der Waals surface area contributed by atoms with Crippen LogP contribution in [0.2, 0.25) is 0 Å². The summed E-state index contributed by atoms with van der Waals surface area (Å²) in [7, 11) is 0. The quantitative estimate of drug-likeness (QED) is 0.596. The van der Waals surface area contributed by atoms with E-state index in [9.17, 15) is 4.79 Å². The number of nitrogens with two attached hydrogens (primary N) is 1. The lowest BCUT2D eigenvalue weighted by molar-refractivity contribution is 0.147. The van der Waals surface area contributed by atoms with Crippen molar-refractivity contribution in [1.82, 2.24) is 10.2 Å². The number of carbonyl (C=O) groups excluding carboxylic acids is 1. The van der Waals surface area contributed by atoms with Crippen LogP contribution in [0.1, 0.15) is 39.5 Å². The molecule has 2 aliphatic rings. The molecular weight excluding hydrogens is 268 g/mol. The third kappa shape index (κ3) is 5.10. The number of aliphatic imine (C=N–C) groups is 1. The number of hydrogen-bond acceptors (Lipinski definition) is 3. The number of piperidine rings is 1. The van der Waals surface area contributed by atoms with Crippen LogP contribution in [0.25, 0.3) is 0 Å². The Morgan fingerprint density at radius 1 is 1.38 bits per heavy atom. The molecular formula is C15H28N4O2. The maximum absolute atomic E-state index is 11.5. The second-order valence-corrected chi connectivity index (χ2v) is 6.18. The van der Waals surface area contributed by atoms with Crippen LogP contribution in [-0.2, 0) is 4.74 Å². The summed E-state index contributed by atoms with van der Waals surface area (Å²) >= 11 is 0. The average Bonchev–Trinajstić information content (AvgIpc) is 3.28. The first-order valence-corrected chi connectivity index (χ1v) is 8.08. The topological polar surface area (TPSA) is 79.9 Å². The minimum atomic E-state index is -0.352. The fourth-order valence-electron chi connectivity index (χ4n) is 2.66. The molecule has 1 aliphatic carbocycles. The van der Waals surface area contributed by atoms with Crippen LogP contribution in [0.15, 0.2) is 4.99 Å². The van der Waals surface area contributed by atoms with E-state index in [1.807, 2.05) is 0 Å². The van der Waals surface area contributed by atoms with Gasteiger partial charge in [-0.05, 0) is 44.4 Å². The molecule has 0 radical (unpaired) electrons. The normalized spacial score (nSPS) is 22.0. The van der Waals surface area contributed by atoms with E-state index < -0.39 is 0 Å². The molecule has 2 rings (SSSR count). The predicted octanol–water partition coefficient (Wildman–Crippen LogP) is 1.56. The second kappa shape index (κ2) is 7.52. The Hall–Kier alpha value is -1.46. The van der Waals surface area contributed by atoms with Gasteiger partial charge < -0.3 is 20.7 Å². The molecule has 1 unspecified atom stereocenters. The first-order chi connectivity index (χ1) is 10.1. The van der Waals surface area contributed by atoms with Gasteiger partial charge in [-0.2, -0.15) is 0 Å². The third-order valence-electron chi connectivity index (χ3n) is 4.33. The molecule has 3 N–H and O–H groups in total. The highest BCUT2D eigenvalue weighted by Gasteiger charge is 2.32. The Kier molecular flexibility index (Phi) is 5.70. The summed E-state index contributed by atoms with van der Waals surface area (Å²) in [5.41, 5.74) is 6.08. The highest BCUT2D eigenvalue weighted by molar-refractivity contribution is 5.78. The lowest BCUT2D eigenvalue weighted by atomic mass is 10.00. The van der Waals surface area contributed by atoms with E-state index in [4.69, 9.17) is 10.5 Å². The van der Waals surface area contributed by atoms with Crippen LogP contribution in [0, 0.1) is 11.8 Å². The van der Waals surface area contributed by atoms with Gasteiger partial charge in [-0.25, -0.2) is 4.79 Å². The van der Waals surface area contributed by atoms with Gasteiger partial charge in [-0.3, -0.25) is 4.99 Å². The zero-order chi connectivity index (χ0) is 15.2. The standard InChI is InChI=1S/C15H28N4O2/c1-3-21-15(20)18-13(12-4-5-12)10-17-14(16)19-8-6-11(2)7-9-19/h11-13H,3-10H2,1-2H3,(H2,16,17)(H,18,20). The highest BCUT2D eigenvalue weighted by atomic mass is 16.5. The fourth-order valence-corrected chi connectivity index (χ4v) is 2.66. The van der Waals surface area contributed by atoms with Gasteiger partial charge in [0.15, 0.2) is 5.96 Å². The number of alkyl carbamates (subject to hydrolysis) is 1. The minimum Gasteiger partial charge on any atom is -0.450 e. The van der Waals surface area contributed by atoms with Gasteiger partial charge in [0.25, 0.3) is 0 Å². The molecule has 1 aliphatic heterocycles. The van der Waals surface area contributed by atoms with Gasteiger partial charge in [0, 0.05) is 13.1 Å². The van der Waals surface area contributed by atoms with Crippen molar-refractivity contribution < 1.29 is 9.53 Å². The van der Waals surface area contributed by atoms with Crippen molar-refractivity contribution in [3.05, 3.63) is 0 Å². The number of ether oxygens (including phenoxy) is 1. The first kappa shape index (κ1) is 15.9. The van der Waals surface area contributed by atoms with Gasteiger partial charge in [-0.1, -0.05) is 6.92 Å². The van der Waals surface area contributed by atoms with E-state index in [0.717, 1.165) is 31.8 Å². The summed E-state index contributed by atoms with van der Waals surface area (Å²) in [6.07, 6.45) is 4.28. The molecule has 2 fully saturated rings. The van der Waals surface area contributed by atoms with Crippen molar-refractivity contribution in [2.75, 3.05) is 26.2 Å². The molecule has 0 spiro atoms. The van der Waals surface area contributed by atoms with Crippen molar-refractivity contribution in [3.8, 4) is 0 Å². The minimum absolute atomic E-state index is 0.0475. The maximum Gasteiger partial charge on any atom is 0.407 e. The lowest BCUT2D eigenvalue weighted by Crippen LogP contribution is -2.44. The number of nitrogens with zero attached hydrogens (tertiary/aromatic N) is 2. The monoisotopic (exact) mass is 296 g/mol. The van der Waals surface area contributed by atoms with Crippen LogP contribution in [0.4, 0.5) is 4.79 Å². The summed E-state index contributed by atoms with van der Waals surface area (Å²) in [6.45, 7) is 6.98. The molecule has 0 aromatic rings. The van der Waals surface area contributed by atoms with Crippen LogP contribution in [0.5, 0.6) is 0 Å². The Bertz CT molecular complexity index is 374. The van der Waals surface area contributed by atoms with Gasteiger partial charge in [-0.15, -0.1) is 0 Å². The van der Waals surface area contributed by atoms with E-state index in [0.29, 0.717) is 25.0 Å². The Morgan fingerprint density at radius 2 is 2.05 bits per heavy atom. The molecule has 1 atom stereocenters. The molecule has 1 saturated heterocycles. The van der Waals surface area contributed by atoms with E-state index in [-0.39, 0.29) is 12.1 Å². The summed E-state index contributed by atoms with van der Waals surface area (Å²) < 4.78 is 4.95. The summed E-state index contributed by atoms with van der Waals surface area (Å²) in [5, 5.41) is 2.90. The van der Waals surface area contributed by atoms with Crippen molar-refractivity contribution in [2.45, 2.75) is 45.6 Å². The average molecular weight is 296 g/mol. The molecule has 0 bridgehead atoms. The van der Waals surface area contributed by atoms with E-state index >= 15 is 0 Å². The van der Waals surface area contributed by atoms with Gasteiger partial charge in [0.1, 0.15) is 0 Å². The molecule has 0 aromatic carbocycles. The van der Waals surface area contributed by atoms with Gasteiger partial charge in [0.2, 0.25) is 0 Å². The third-order valence-corrected chi connectivity index (χ3v) is 4.33. The largest absolute Gasteiger partial charge is 0.450 e. The van der Waals surface area contributed by atoms with Crippen LogP contribution < -0.4 is 11.1 Å². The lowest BCUT2D eigenvalue weighted by Gasteiger charge is -2.31. The Balaban J connectivity index is 1.82. The second-order valence-electron chi connectivity index (χ2n) is 6.18. The molecule has 0 aromatic heterocycles. The first-order valence-electron chi connectivity index (χ1n) is 8.08. The van der Waals surface area contributed by atoms with E-state index in [1.165, 1.54) is 12.8 Å². The highest BCUT2D eigenvalue weighted by Crippen LogP contribution is 2.32. The van der Waals surface area contributed by atoms with E-state index in [2.05, 4.69) is 22.1 Å². The number of likely N-dealkylation sites (tertiary alicyclic amines) is 1. The molecule has 6 heteroatoms. The predicted molar refractivity (Wildman–Crippen MR) is 83.1 cm³/mol. The summed E-state index contributed by atoms with van der Waals surface area (Å²) in [4.78, 5) is 18.2. The Morgan fingerprint density at radius 3 is 2.62 bits per heavy atom. The Labute approximate surface area is 127 Å². The van der Waals surface area contributed by atoms with Crippen molar-refractivity contribution >= 4 is 12.1 Å². The SMILES string of the molecule is CCOC(=O)NC(CN=C(N)N1CCC(C)CC1)C1CC1. The van der Waals surface area contributed by atoms with Crippen LogP contribution >= 0.6 is 0 Å². The smallest absolute Gasteiger partial charge is 0.407 e. The fraction of sp³-hybridized carbons (Fsp3) is 0.867. The van der Waals surface area contributed by atoms with Gasteiger partial charge in [0.05, 0.1) is 19.2 Å².